The molecule has 0 radical (unpaired) electrons. The first-order valence-corrected chi connectivity index (χ1v) is 7.28. The van der Waals surface area contributed by atoms with Crippen LogP contribution in [-0.4, -0.2) is 31.1 Å². The zero-order valence-electron chi connectivity index (χ0n) is 12.4. The summed E-state index contributed by atoms with van der Waals surface area (Å²) in [5.74, 6) is -0.250. The van der Waals surface area contributed by atoms with Gasteiger partial charge in [0.1, 0.15) is 5.82 Å². The Bertz CT molecular complexity index is 515. The molecular formula is C15H20Cl2F4N2. The minimum atomic E-state index is -4.43. The molecule has 1 atom stereocenters. The molecule has 1 N–H and O–H groups in total. The number of nitrogens with one attached hydrogen (secondary N) is 1. The van der Waals surface area contributed by atoms with E-state index in [9.17, 15) is 17.6 Å². The molecule has 2 nitrogen and oxygen atoms in total. The van der Waals surface area contributed by atoms with Crippen LogP contribution in [0, 0.1) is 11.7 Å². The van der Waals surface area contributed by atoms with Crippen LogP contribution < -0.4 is 5.32 Å². The van der Waals surface area contributed by atoms with E-state index in [2.05, 4.69) is 10.2 Å². The first kappa shape index (κ1) is 20.5. The lowest BCUT2D eigenvalue weighted by Gasteiger charge is -2.35. The second-order valence-electron chi connectivity index (χ2n) is 5.80. The Morgan fingerprint density at radius 1 is 1.09 bits per heavy atom. The van der Waals surface area contributed by atoms with Crippen molar-refractivity contribution in [3.63, 3.8) is 0 Å². The quantitative estimate of drug-likeness (QED) is 0.803. The number of halogens is 6. The third-order valence-electron chi connectivity index (χ3n) is 4.26. The number of hydrogen-bond donors (Lipinski definition) is 1. The Kier molecular flexibility index (Phi) is 7.13. The molecule has 2 fully saturated rings. The zero-order valence-corrected chi connectivity index (χ0v) is 14.0. The average Bonchev–Trinajstić information content (AvgIpc) is 3.26. The van der Waals surface area contributed by atoms with E-state index < -0.39 is 17.6 Å². The number of nitrogens with zero attached hydrogens (tertiary/aromatic N) is 1. The molecule has 0 amide bonds. The maximum atomic E-state index is 14.1. The Morgan fingerprint density at radius 2 is 1.70 bits per heavy atom. The fourth-order valence-electron chi connectivity index (χ4n) is 3.07. The maximum absolute atomic E-state index is 14.1. The van der Waals surface area contributed by atoms with Crippen LogP contribution in [0.15, 0.2) is 18.2 Å². The molecule has 23 heavy (non-hydrogen) atoms. The Hall–Kier alpha value is -0.560. The summed E-state index contributed by atoms with van der Waals surface area (Å²) < 4.78 is 52.8. The molecule has 0 aromatic heterocycles. The van der Waals surface area contributed by atoms with Crippen LogP contribution in [0.25, 0.3) is 0 Å². The van der Waals surface area contributed by atoms with Gasteiger partial charge in [0.15, 0.2) is 0 Å². The van der Waals surface area contributed by atoms with Gasteiger partial charge in [0.25, 0.3) is 0 Å². The van der Waals surface area contributed by atoms with Crippen LogP contribution in [0.5, 0.6) is 0 Å². The van der Waals surface area contributed by atoms with Crippen LogP contribution >= 0.6 is 24.8 Å². The lowest BCUT2D eigenvalue weighted by molar-refractivity contribution is -0.137. The topological polar surface area (TPSA) is 15.3 Å². The van der Waals surface area contributed by atoms with Gasteiger partial charge in [-0.1, -0.05) is 0 Å². The summed E-state index contributed by atoms with van der Waals surface area (Å²) in [5.41, 5.74) is -0.561. The van der Waals surface area contributed by atoms with Crippen molar-refractivity contribution in [3.8, 4) is 0 Å². The molecule has 1 heterocycles. The van der Waals surface area contributed by atoms with Crippen molar-refractivity contribution in [1.82, 2.24) is 10.2 Å². The molecule has 2 aliphatic rings. The SMILES string of the molecule is Cl.Cl.Fc1ccc(C(F)(F)F)cc1[C@H](C1CC1)N1CCNCC1. The van der Waals surface area contributed by atoms with Crippen LogP contribution in [0.3, 0.4) is 0 Å². The summed E-state index contributed by atoms with van der Waals surface area (Å²) in [6.45, 7) is 3.08. The number of alkyl halides is 3. The molecule has 8 heteroatoms. The van der Waals surface area contributed by atoms with Gasteiger partial charge in [-0.15, -0.1) is 24.8 Å². The summed E-state index contributed by atoms with van der Waals surface area (Å²) in [6.07, 6.45) is -2.51. The van der Waals surface area contributed by atoms with E-state index in [1.54, 1.807) is 0 Å². The van der Waals surface area contributed by atoms with Gasteiger partial charge in [0.2, 0.25) is 0 Å². The second kappa shape index (κ2) is 8.01. The van der Waals surface area contributed by atoms with Crippen molar-refractivity contribution in [2.24, 2.45) is 5.92 Å². The van der Waals surface area contributed by atoms with Crippen LogP contribution in [0.4, 0.5) is 17.6 Å². The minimum absolute atomic E-state index is 0. The first-order chi connectivity index (χ1) is 9.97. The van der Waals surface area contributed by atoms with E-state index in [-0.39, 0.29) is 42.3 Å². The molecular weight excluding hydrogens is 355 g/mol. The standard InChI is InChI=1S/C15H18F4N2.2ClH/c16-13-4-3-11(15(17,18)19)9-12(13)14(10-1-2-10)21-7-5-20-6-8-21;;/h3-4,9-10,14,20H,1-2,5-8H2;2*1H/t14-;;/m0../s1. The molecule has 0 bridgehead atoms. The van der Waals surface area contributed by atoms with Crippen LogP contribution in [-0.2, 0) is 6.18 Å². The normalized spacial score (nSPS) is 20.3. The molecule has 1 saturated carbocycles. The summed E-state index contributed by atoms with van der Waals surface area (Å²) in [7, 11) is 0. The first-order valence-electron chi connectivity index (χ1n) is 7.28. The molecule has 3 rings (SSSR count). The number of benzene rings is 1. The fourth-order valence-corrected chi connectivity index (χ4v) is 3.07. The molecule has 0 spiro atoms. The summed E-state index contributed by atoms with van der Waals surface area (Å²) in [5, 5.41) is 3.22. The monoisotopic (exact) mass is 374 g/mol. The van der Waals surface area contributed by atoms with Crippen molar-refractivity contribution in [3.05, 3.63) is 35.1 Å². The lowest BCUT2D eigenvalue weighted by Crippen LogP contribution is -2.45. The minimum Gasteiger partial charge on any atom is -0.314 e. The molecule has 1 aromatic carbocycles. The van der Waals surface area contributed by atoms with Crippen molar-refractivity contribution in [2.75, 3.05) is 26.2 Å². The molecule has 1 aliphatic heterocycles. The Labute approximate surface area is 145 Å². The predicted octanol–water partition coefficient (Wildman–Crippen LogP) is 4.04. The highest BCUT2D eigenvalue weighted by atomic mass is 35.5. The lowest BCUT2D eigenvalue weighted by atomic mass is 9.97. The van der Waals surface area contributed by atoms with Crippen molar-refractivity contribution < 1.29 is 17.6 Å². The van der Waals surface area contributed by atoms with E-state index in [1.165, 1.54) is 0 Å². The Morgan fingerprint density at radius 3 is 2.22 bits per heavy atom. The second-order valence-corrected chi connectivity index (χ2v) is 5.80. The molecule has 132 valence electrons. The number of rotatable bonds is 3. The van der Waals surface area contributed by atoms with E-state index >= 15 is 0 Å². The van der Waals surface area contributed by atoms with Gasteiger partial charge in [0, 0.05) is 37.8 Å². The summed E-state index contributed by atoms with van der Waals surface area (Å²) >= 11 is 0. The van der Waals surface area contributed by atoms with E-state index in [4.69, 9.17) is 0 Å². The molecule has 0 unspecified atom stereocenters. The van der Waals surface area contributed by atoms with Gasteiger partial charge in [-0.2, -0.15) is 13.2 Å². The third kappa shape index (κ3) is 4.72. The van der Waals surface area contributed by atoms with E-state index in [0.717, 1.165) is 57.2 Å². The van der Waals surface area contributed by atoms with Gasteiger partial charge < -0.3 is 5.32 Å². The van der Waals surface area contributed by atoms with E-state index in [1.807, 2.05) is 0 Å². The van der Waals surface area contributed by atoms with Gasteiger partial charge >= 0.3 is 6.18 Å². The number of hydrogen-bond acceptors (Lipinski definition) is 2. The van der Waals surface area contributed by atoms with Gasteiger partial charge in [-0.25, -0.2) is 4.39 Å². The van der Waals surface area contributed by atoms with E-state index in [0.29, 0.717) is 0 Å². The fraction of sp³-hybridized carbons (Fsp3) is 0.600. The third-order valence-corrected chi connectivity index (χ3v) is 4.26. The van der Waals surface area contributed by atoms with Gasteiger partial charge in [0.05, 0.1) is 5.56 Å². The molecule has 1 saturated heterocycles. The van der Waals surface area contributed by atoms with Crippen molar-refractivity contribution in [1.29, 1.82) is 0 Å². The summed E-state index contributed by atoms with van der Waals surface area (Å²) in [6, 6.07) is 2.55. The van der Waals surface area contributed by atoms with Gasteiger partial charge in [-0.05, 0) is 37.0 Å². The van der Waals surface area contributed by atoms with Crippen LogP contribution in [0.1, 0.15) is 30.0 Å². The highest BCUT2D eigenvalue weighted by molar-refractivity contribution is 5.85. The van der Waals surface area contributed by atoms with Crippen LogP contribution in [0.2, 0.25) is 0 Å². The molecule has 1 aromatic rings. The molecule has 1 aliphatic carbocycles. The Balaban J connectivity index is 0.00000132. The highest BCUT2D eigenvalue weighted by Crippen LogP contribution is 2.46. The largest absolute Gasteiger partial charge is 0.416 e. The highest BCUT2D eigenvalue weighted by Gasteiger charge is 2.39. The smallest absolute Gasteiger partial charge is 0.314 e. The van der Waals surface area contributed by atoms with Gasteiger partial charge in [-0.3, -0.25) is 4.90 Å². The van der Waals surface area contributed by atoms with Crippen molar-refractivity contribution in [2.45, 2.75) is 25.1 Å². The zero-order chi connectivity index (χ0) is 15.0. The maximum Gasteiger partial charge on any atom is 0.416 e. The summed E-state index contributed by atoms with van der Waals surface area (Å²) in [4.78, 5) is 2.12. The van der Waals surface area contributed by atoms with Crippen molar-refractivity contribution >= 4 is 24.8 Å². The predicted molar refractivity (Wildman–Crippen MR) is 85.8 cm³/mol. The number of piperazine rings is 1. The average molecular weight is 375 g/mol.